The van der Waals surface area contributed by atoms with Gasteiger partial charge >= 0.3 is 0 Å². The lowest BCUT2D eigenvalue weighted by Crippen LogP contribution is -2.27. The summed E-state index contributed by atoms with van der Waals surface area (Å²) in [5.41, 5.74) is 0.435. The molecule has 0 aliphatic heterocycles. The van der Waals surface area contributed by atoms with Gasteiger partial charge in [-0.2, -0.15) is 5.10 Å². The zero-order chi connectivity index (χ0) is 13.7. The molecule has 0 saturated heterocycles. The minimum absolute atomic E-state index is 0.204. The third-order valence-corrected chi connectivity index (χ3v) is 2.81. The number of nitrogens with zero attached hydrogens (tertiary/aromatic N) is 3. The molecule has 19 heavy (non-hydrogen) atoms. The second-order valence-electron chi connectivity index (χ2n) is 3.83. The van der Waals surface area contributed by atoms with Crippen molar-refractivity contribution in [2.75, 3.05) is 18.9 Å². The SMILES string of the molecule is CNc1ncc(C(=O)NCCn2cccn2)cc1Cl. The maximum atomic E-state index is 11.9. The molecule has 2 aromatic heterocycles. The summed E-state index contributed by atoms with van der Waals surface area (Å²) >= 11 is 5.97. The van der Waals surface area contributed by atoms with E-state index >= 15 is 0 Å². The molecular weight excluding hydrogens is 266 g/mol. The number of rotatable bonds is 5. The highest BCUT2D eigenvalue weighted by molar-refractivity contribution is 6.33. The standard InChI is InChI=1S/C12H14ClN5O/c1-14-11-10(13)7-9(8-16-11)12(19)15-4-6-18-5-2-3-17-18/h2-3,5,7-8H,4,6H2,1H3,(H,14,16)(H,15,19). The van der Waals surface area contributed by atoms with Crippen LogP contribution in [0.25, 0.3) is 0 Å². The maximum Gasteiger partial charge on any atom is 0.252 e. The Kier molecular flexibility index (Phi) is 4.35. The Labute approximate surface area is 115 Å². The van der Waals surface area contributed by atoms with Gasteiger partial charge in [-0.25, -0.2) is 4.98 Å². The van der Waals surface area contributed by atoms with E-state index in [0.717, 1.165) is 0 Å². The molecule has 0 bridgehead atoms. The number of hydrogen-bond donors (Lipinski definition) is 2. The highest BCUT2D eigenvalue weighted by Crippen LogP contribution is 2.19. The van der Waals surface area contributed by atoms with Gasteiger partial charge in [-0.1, -0.05) is 11.6 Å². The van der Waals surface area contributed by atoms with Crippen molar-refractivity contribution in [3.63, 3.8) is 0 Å². The number of carbonyl (C=O) groups excluding carboxylic acids is 1. The van der Waals surface area contributed by atoms with Crippen LogP contribution in [-0.2, 0) is 6.54 Å². The van der Waals surface area contributed by atoms with Gasteiger partial charge in [0.05, 0.1) is 17.1 Å². The van der Waals surface area contributed by atoms with Crippen molar-refractivity contribution in [1.82, 2.24) is 20.1 Å². The van der Waals surface area contributed by atoms with Gasteiger partial charge in [0.1, 0.15) is 5.82 Å². The lowest BCUT2D eigenvalue weighted by atomic mass is 10.2. The first-order valence-corrected chi connectivity index (χ1v) is 6.17. The molecule has 0 unspecified atom stereocenters. The summed E-state index contributed by atoms with van der Waals surface area (Å²) in [6.45, 7) is 1.11. The van der Waals surface area contributed by atoms with Crippen molar-refractivity contribution < 1.29 is 4.79 Å². The number of nitrogens with one attached hydrogen (secondary N) is 2. The lowest BCUT2D eigenvalue weighted by Gasteiger charge is -2.07. The molecule has 2 rings (SSSR count). The van der Waals surface area contributed by atoms with Crippen LogP contribution in [0.5, 0.6) is 0 Å². The van der Waals surface area contributed by atoms with Crippen LogP contribution in [0.15, 0.2) is 30.7 Å². The fraction of sp³-hybridized carbons (Fsp3) is 0.250. The maximum absolute atomic E-state index is 11.9. The van der Waals surface area contributed by atoms with Crippen molar-refractivity contribution in [1.29, 1.82) is 0 Å². The quantitative estimate of drug-likeness (QED) is 0.868. The Morgan fingerprint density at radius 1 is 1.53 bits per heavy atom. The van der Waals surface area contributed by atoms with Crippen LogP contribution in [-0.4, -0.2) is 34.3 Å². The van der Waals surface area contributed by atoms with Gasteiger partial charge in [0.25, 0.3) is 5.91 Å². The van der Waals surface area contributed by atoms with E-state index in [2.05, 4.69) is 20.7 Å². The van der Waals surface area contributed by atoms with E-state index in [1.807, 2.05) is 12.3 Å². The topological polar surface area (TPSA) is 71.8 Å². The number of hydrogen-bond acceptors (Lipinski definition) is 4. The van der Waals surface area contributed by atoms with Gasteiger partial charge in [-0.15, -0.1) is 0 Å². The van der Waals surface area contributed by atoms with E-state index in [1.165, 1.54) is 6.20 Å². The zero-order valence-electron chi connectivity index (χ0n) is 10.4. The Balaban J connectivity index is 1.91. The minimum atomic E-state index is -0.204. The molecule has 7 heteroatoms. The van der Waals surface area contributed by atoms with Crippen LogP contribution in [0.4, 0.5) is 5.82 Å². The highest BCUT2D eigenvalue weighted by Gasteiger charge is 2.08. The fourth-order valence-electron chi connectivity index (χ4n) is 1.56. The molecule has 0 aliphatic carbocycles. The molecule has 0 spiro atoms. The van der Waals surface area contributed by atoms with Gasteiger partial charge in [0.15, 0.2) is 0 Å². The molecule has 6 nitrogen and oxygen atoms in total. The smallest absolute Gasteiger partial charge is 0.252 e. The Morgan fingerprint density at radius 3 is 3.00 bits per heavy atom. The van der Waals surface area contributed by atoms with Crippen LogP contribution in [0.1, 0.15) is 10.4 Å². The molecule has 0 atom stereocenters. The number of carbonyl (C=O) groups is 1. The average molecular weight is 280 g/mol. The molecule has 0 fully saturated rings. The molecule has 2 N–H and O–H groups in total. The van der Waals surface area contributed by atoms with E-state index in [4.69, 9.17) is 11.6 Å². The van der Waals surface area contributed by atoms with Crippen molar-refractivity contribution in [2.45, 2.75) is 6.54 Å². The second kappa shape index (κ2) is 6.19. The van der Waals surface area contributed by atoms with E-state index < -0.39 is 0 Å². The van der Waals surface area contributed by atoms with E-state index in [1.54, 1.807) is 24.0 Å². The number of aromatic nitrogens is 3. The predicted molar refractivity (Wildman–Crippen MR) is 73.4 cm³/mol. The third-order valence-electron chi connectivity index (χ3n) is 2.53. The van der Waals surface area contributed by atoms with Gasteiger partial charge < -0.3 is 10.6 Å². The van der Waals surface area contributed by atoms with E-state index in [-0.39, 0.29) is 5.91 Å². The zero-order valence-corrected chi connectivity index (χ0v) is 11.2. The normalized spacial score (nSPS) is 10.2. The summed E-state index contributed by atoms with van der Waals surface area (Å²) in [5.74, 6) is 0.346. The van der Waals surface area contributed by atoms with Crippen molar-refractivity contribution in [2.24, 2.45) is 0 Å². The van der Waals surface area contributed by atoms with E-state index in [9.17, 15) is 4.79 Å². The molecule has 0 radical (unpaired) electrons. The molecule has 0 aliphatic rings. The van der Waals surface area contributed by atoms with Gasteiger partial charge in [-0.05, 0) is 12.1 Å². The van der Waals surface area contributed by atoms with Crippen LogP contribution < -0.4 is 10.6 Å². The summed E-state index contributed by atoms with van der Waals surface area (Å²) < 4.78 is 1.75. The lowest BCUT2D eigenvalue weighted by molar-refractivity contribution is 0.0951. The Morgan fingerprint density at radius 2 is 2.37 bits per heavy atom. The Hall–Kier alpha value is -2.08. The molecule has 2 heterocycles. The van der Waals surface area contributed by atoms with Crippen molar-refractivity contribution >= 4 is 23.3 Å². The van der Waals surface area contributed by atoms with Gasteiger partial charge in [0, 0.05) is 32.2 Å². The molecule has 100 valence electrons. The van der Waals surface area contributed by atoms with Gasteiger partial charge in [0.2, 0.25) is 0 Å². The molecule has 1 amide bonds. The number of amides is 1. The highest BCUT2D eigenvalue weighted by atomic mass is 35.5. The number of anilines is 1. The first-order valence-electron chi connectivity index (χ1n) is 5.79. The summed E-state index contributed by atoms with van der Waals surface area (Å²) in [4.78, 5) is 15.9. The summed E-state index contributed by atoms with van der Waals surface area (Å²) in [6.07, 6.45) is 5.02. The van der Waals surface area contributed by atoms with Crippen LogP contribution >= 0.6 is 11.6 Å². The first-order chi connectivity index (χ1) is 9.20. The second-order valence-corrected chi connectivity index (χ2v) is 4.24. The Bertz CT molecular complexity index is 555. The summed E-state index contributed by atoms with van der Waals surface area (Å²) in [5, 5.41) is 10.1. The third kappa shape index (κ3) is 3.45. The largest absolute Gasteiger partial charge is 0.372 e. The molecule has 2 aromatic rings. The summed E-state index contributed by atoms with van der Waals surface area (Å²) in [6, 6.07) is 3.42. The molecular formula is C12H14ClN5O. The predicted octanol–water partition coefficient (Wildman–Crippen LogP) is 1.40. The van der Waals surface area contributed by atoms with Crippen molar-refractivity contribution in [3.8, 4) is 0 Å². The molecule has 0 saturated carbocycles. The number of pyridine rings is 1. The molecule has 0 aromatic carbocycles. The van der Waals surface area contributed by atoms with Gasteiger partial charge in [-0.3, -0.25) is 9.48 Å². The van der Waals surface area contributed by atoms with Crippen LogP contribution in [0.2, 0.25) is 5.02 Å². The average Bonchev–Trinajstić information content (AvgIpc) is 2.91. The number of halogens is 1. The first kappa shape index (κ1) is 13.4. The monoisotopic (exact) mass is 279 g/mol. The minimum Gasteiger partial charge on any atom is -0.372 e. The van der Waals surface area contributed by atoms with Crippen molar-refractivity contribution in [3.05, 3.63) is 41.3 Å². The summed E-state index contributed by atoms with van der Waals surface area (Å²) in [7, 11) is 1.72. The van der Waals surface area contributed by atoms with Crippen LogP contribution in [0.3, 0.4) is 0 Å². The fourth-order valence-corrected chi connectivity index (χ4v) is 1.83. The van der Waals surface area contributed by atoms with E-state index in [0.29, 0.717) is 29.5 Å². The van der Waals surface area contributed by atoms with Crippen LogP contribution in [0, 0.1) is 0 Å².